The standard InChI is InChI=1S/C24H28N4O3/c1-15-8-7-11-20(16(15)2)27-23(30)14-28(4)24(31)22(26-17(3)29)12-18-13-25-21-10-6-5-9-19(18)21/h5-11,13,22,25H,12,14H2,1-4H3,(H,26,29)(H,27,30). The molecule has 0 saturated carbocycles. The van der Waals surface area contributed by atoms with Crippen molar-refractivity contribution in [1.29, 1.82) is 0 Å². The molecule has 0 aliphatic carbocycles. The van der Waals surface area contributed by atoms with E-state index in [4.69, 9.17) is 0 Å². The molecule has 3 rings (SSSR count). The summed E-state index contributed by atoms with van der Waals surface area (Å²) in [5, 5.41) is 6.59. The van der Waals surface area contributed by atoms with Crippen molar-refractivity contribution in [2.24, 2.45) is 0 Å². The van der Waals surface area contributed by atoms with E-state index in [2.05, 4.69) is 15.6 Å². The number of hydrogen-bond donors (Lipinski definition) is 3. The highest BCUT2D eigenvalue weighted by Crippen LogP contribution is 2.20. The third kappa shape index (κ3) is 5.31. The number of carbonyl (C=O) groups excluding carboxylic acids is 3. The van der Waals surface area contributed by atoms with Gasteiger partial charge in [0, 0.05) is 43.2 Å². The highest BCUT2D eigenvalue weighted by atomic mass is 16.2. The Bertz CT molecular complexity index is 1120. The highest BCUT2D eigenvalue weighted by Gasteiger charge is 2.25. The minimum absolute atomic E-state index is 0.115. The number of amides is 3. The molecule has 0 aliphatic heterocycles. The van der Waals surface area contributed by atoms with Crippen LogP contribution in [0.5, 0.6) is 0 Å². The molecule has 0 bridgehead atoms. The molecule has 31 heavy (non-hydrogen) atoms. The Kier molecular flexibility index (Phi) is 6.74. The van der Waals surface area contributed by atoms with Crippen LogP contribution in [0.15, 0.2) is 48.7 Å². The van der Waals surface area contributed by atoms with E-state index < -0.39 is 6.04 Å². The summed E-state index contributed by atoms with van der Waals surface area (Å²) in [5.74, 6) is -0.916. The monoisotopic (exact) mass is 420 g/mol. The number of H-pyrrole nitrogens is 1. The van der Waals surface area contributed by atoms with Crippen molar-refractivity contribution < 1.29 is 14.4 Å². The molecule has 1 aromatic heterocycles. The van der Waals surface area contributed by atoms with Gasteiger partial charge in [0.25, 0.3) is 0 Å². The lowest BCUT2D eigenvalue weighted by atomic mass is 10.0. The van der Waals surface area contributed by atoms with Crippen molar-refractivity contribution in [1.82, 2.24) is 15.2 Å². The number of aryl methyl sites for hydroxylation is 1. The largest absolute Gasteiger partial charge is 0.361 e. The van der Waals surface area contributed by atoms with Gasteiger partial charge in [-0.3, -0.25) is 14.4 Å². The second-order valence-corrected chi connectivity index (χ2v) is 7.81. The van der Waals surface area contributed by atoms with Crippen LogP contribution in [0.3, 0.4) is 0 Å². The van der Waals surface area contributed by atoms with Crippen LogP contribution in [0, 0.1) is 13.8 Å². The minimum atomic E-state index is -0.768. The van der Waals surface area contributed by atoms with Crippen molar-refractivity contribution in [2.45, 2.75) is 33.2 Å². The van der Waals surface area contributed by atoms with Crippen LogP contribution >= 0.6 is 0 Å². The van der Waals surface area contributed by atoms with Crippen LogP contribution in [0.1, 0.15) is 23.6 Å². The van der Waals surface area contributed by atoms with Crippen LogP contribution in [0.25, 0.3) is 10.9 Å². The van der Waals surface area contributed by atoms with Crippen LogP contribution in [-0.2, 0) is 20.8 Å². The van der Waals surface area contributed by atoms with Gasteiger partial charge >= 0.3 is 0 Å². The van der Waals surface area contributed by atoms with Crippen molar-refractivity contribution >= 4 is 34.3 Å². The van der Waals surface area contributed by atoms with E-state index in [0.29, 0.717) is 6.42 Å². The number of aromatic amines is 1. The van der Waals surface area contributed by atoms with E-state index >= 15 is 0 Å². The Labute approximate surface area is 181 Å². The van der Waals surface area contributed by atoms with Gasteiger partial charge in [-0.25, -0.2) is 0 Å². The number of likely N-dealkylation sites (N-methyl/N-ethyl adjacent to an activating group) is 1. The van der Waals surface area contributed by atoms with Crippen molar-refractivity contribution in [2.75, 3.05) is 18.9 Å². The van der Waals surface area contributed by atoms with Crippen molar-refractivity contribution in [3.63, 3.8) is 0 Å². The summed E-state index contributed by atoms with van der Waals surface area (Å²) in [6.07, 6.45) is 2.17. The van der Waals surface area contributed by atoms with Crippen LogP contribution in [0.4, 0.5) is 5.69 Å². The number of nitrogens with one attached hydrogen (secondary N) is 3. The highest BCUT2D eigenvalue weighted by molar-refractivity contribution is 5.96. The van der Waals surface area contributed by atoms with Gasteiger partial charge in [0.15, 0.2) is 0 Å². The van der Waals surface area contributed by atoms with E-state index in [1.165, 1.54) is 11.8 Å². The summed E-state index contributed by atoms with van der Waals surface area (Å²) in [4.78, 5) is 41.9. The zero-order chi connectivity index (χ0) is 22.5. The number of rotatable bonds is 7. The van der Waals surface area contributed by atoms with Gasteiger partial charge in [0.1, 0.15) is 6.04 Å². The Balaban J connectivity index is 1.70. The number of para-hydroxylation sites is 1. The maximum Gasteiger partial charge on any atom is 0.245 e. The zero-order valence-corrected chi connectivity index (χ0v) is 18.3. The third-order valence-electron chi connectivity index (χ3n) is 5.41. The van der Waals surface area contributed by atoms with Gasteiger partial charge in [-0.2, -0.15) is 0 Å². The lowest BCUT2D eigenvalue weighted by Crippen LogP contribution is -2.49. The maximum absolute atomic E-state index is 13.1. The summed E-state index contributed by atoms with van der Waals surface area (Å²) < 4.78 is 0. The number of fused-ring (bicyclic) bond motifs is 1. The smallest absolute Gasteiger partial charge is 0.245 e. The number of hydrogen-bond acceptors (Lipinski definition) is 3. The molecule has 0 aliphatic rings. The minimum Gasteiger partial charge on any atom is -0.361 e. The van der Waals surface area contributed by atoms with Crippen LogP contribution < -0.4 is 10.6 Å². The van der Waals surface area contributed by atoms with Gasteiger partial charge in [-0.15, -0.1) is 0 Å². The Hall–Kier alpha value is -3.61. The molecule has 0 radical (unpaired) electrons. The van der Waals surface area contributed by atoms with E-state index in [9.17, 15) is 14.4 Å². The molecule has 7 nitrogen and oxygen atoms in total. The predicted molar refractivity (Wildman–Crippen MR) is 122 cm³/mol. The van der Waals surface area contributed by atoms with Crippen LogP contribution in [0.2, 0.25) is 0 Å². The molecular weight excluding hydrogens is 392 g/mol. The number of benzene rings is 2. The second-order valence-electron chi connectivity index (χ2n) is 7.81. The molecule has 7 heteroatoms. The topological polar surface area (TPSA) is 94.3 Å². The molecule has 1 unspecified atom stereocenters. The number of aromatic nitrogens is 1. The Morgan fingerprint density at radius 1 is 1.06 bits per heavy atom. The summed E-state index contributed by atoms with van der Waals surface area (Å²) in [7, 11) is 1.56. The Morgan fingerprint density at radius 2 is 1.81 bits per heavy atom. The van der Waals surface area contributed by atoms with E-state index in [0.717, 1.165) is 33.3 Å². The lowest BCUT2D eigenvalue weighted by molar-refractivity contribution is -0.137. The molecule has 162 valence electrons. The molecular formula is C24H28N4O3. The normalized spacial score (nSPS) is 11.7. The van der Waals surface area contributed by atoms with Gasteiger partial charge in [-0.1, -0.05) is 30.3 Å². The number of carbonyl (C=O) groups is 3. The summed E-state index contributed by atoms with van der Waals surface area (Å²) in [5.41, 5.74) is 4.68. The van der Waals surface area contributed by atoms with Gasteiger partial charge < -0.3 is 20.5 Å². The molecule has 3 N–H and O–H groups in total. The first-order valence-electron chi connectivity index (χ1n) is 10.2. The fourth-order valence-electron chi connectivity index (χ4n) is 3.60. The molecule has 3 aromatic rings. The first-order chi connectivity index (χ1) is 14.8. The lowest BCUT2D eigenvalue weighted by Gasteiger charge is -2.24. The number of anilines is 1. The molecule has 0 spiro atoms. The molecule has 2 aromatic carbocycles. The fourth-order valence-corrected chi connectivity index (χ4v) is 3.60. The van der Waals surface area contributed by atoms with Crippen molar-refractivity contribution in [3.05, 3.63) is 65.4 Å². The average molecular weight is 421 g/mol. The van der Waals surface area contributed by atoms with E-state index in [1.807, 2.05) is 62.5 Å². The molecule has 1 atom stereocenters. The quantitative estimate of drug-likeness (QED) is 0.549. The summed E-state index contributed by atoms with van der Waals surface area (Å²) >= 11 is 0. The van der Waals surface area contributed by atoms with Crippen LogP contribution in [-0.4, -0.2) is 47.2 Å². The first-order valence-corrected chi connectivity index (χ1v) is 10.2. The fraction of sp³-hybridized carbons (Fsp3) is 0.292. The van der Waals surface area contributed by atoms with Gasteiger partial charge in [-0.05, 0) is 42.7 Å². The summed E-state index contributed by atoms with van der Waals surface area (Å²) in [6.45, 7) is 5.18. The molecule has 0 fully saturated rings. The predicted octanol–water partition coefficient (Wildman–Crippen LogP) is 2.93. The van der Waals surface area contributed by atoms with E-state index in [-0.39, 0.29) is 24.3 Å². The van der Waals surface area contributed by atoms with Gasteiger partial charge in [0.2, 0.25) is 17.7 Å². The third-order valence-corrected chi connectivity index (χ3v) is 5.41. The first kappa shape index (κ1) is 22.1. The van der Waals surface area contributed by atoms with Crippen molar-refractivity contribution in [3.8, 4) is 0 Å². The Morgan fingerprint density at radius 3 is 2.55 bits per heavy atom. The summed E-state index contributed by atoms with van der Waals surface area (Å²) in [6, 6.07) is 12.7. The average Bonchev–Trinajstić information content (AvgIpc) is 3.13. The number of nitrogens with zero attached hydrogens (tertiary/aromatic N) is 1. The maximum atomic E-state index is 13.1. The second kappa shape index (κ2) is 9.47. The van der Waals surface area contributed by atoms with Gasteiger partial charge in [0.05, 0.1) is 6.54 Å². The SMILES string of the molecule is CC(=O)NC(Cc1c[nH]c2ccccc12)C(=O)N(C)CC(=O)Nc1cccc(C)c1C. The zero-order valence-electron chi connectivity index (χ0n) is 18.3. The molecule has 1 heterocycles. The van der Waals surface area contributed by atoms with E-state index in [1.54, 1.807) is 7.05 Å². The molecule has 0 saturated heterocycles. The molecule has 3 amide bonds.